The molecule has 0 aromatic heterocycles. The zero-order valence-corrected chi connectivity index (χ0v) is 19.9. The molecule has 1 aromatic rings. The quantitative estimate of drug-likeness (QED) is 0.662. The van der Waals surface area contributed by atoms with Gasteiger partial charge in [0.15, 0.2) is 0 Å². The van der Waals surface area contributed by atoms with Crippen molar-refractivity contribution < 1.29 is 14.4 Å². The fourth-order valence-electron chi connectivity index (χ4n) is 4.68. The molecule has 2 heterocycles. The number of para-hydroxylation sites is 1. The monoisotopic (exact) mass is 443 g/mol. The molecule has 3 N–H and O–H groups in total. The summed E-state index contributed by atoms with van der Waals surface area (Å²) in [5.74, 6) is -1.03. The molecule has 1 saturated heterocycles. The molecular weight excluding hydrogens is 406 g/mol. The van der Waals surface area contributed by atoms with E-state index in [1.54, 1.807) is 21.9 Å². The molecule has 3 atom stereocenters. The van der Waals surface area contributed by atoms with E-state index in [9.17, 15) is 14.4 Å². The van der Waals surface area contributed by atoms with E-state index >= 15 is 0 Å². The van der Waals surface area contributed by atoms with Gasteiger partial charge in [0.1, 0.15) is 0 Å². The topological polar surface area (TPSA) is 99.0 Å². The number of rotatable bonds is 7. The number of nitrogens with two attached hydrogens (primary N) is 1. The molecule has 3 amide bonds. The lowest BCUT2D eigenvalue weighted by atomic mass is 9.86. The Balaban J connectivity index is 1.97. The van der Waals surface area contributed by atoms with Gasteiger partial charge in [0, 0.05) is 26.2 Å². The lowest BCUT2D eigenvalue weighted by Crippen LogP contribution is -2.59. The number of hydrogen-bond acceptors (Lipinski definition) is 5. The minimum Gasteiger partial charge on any atom is -0.344 e. The maximum Gasteiger partial charge on any atom is 0.253 e. The zero-order chi connectivity index (χ0) is 23.6. The summed E-state index contributed by atoms with van der Waals surface area (Å²) >= 11 is 0. The minimum absolute atomic E-state index is 0.0105. The predicted octanol–water partition coefficient (Wildman–Crippen LogP) is 1.31. The van der Waals surface area contributed by atoms with Gasteiger partial charge in [0.25, 0.3) is 5.91 Å². The van der Waals surface area contributed by atoms with Crippen LogP contribution in [0, 0.1) is 11.8 Å². The third-order valence-corrected chi connectivity index (χ3v) is 6.94. The Morgan fingerprint density at radius 1 is 1.25 bits per heavy atom. The van der Waals surface area contributed by atoms with Crippen molar-refractivity contribution in [1.29, 1.82) is 0 Å². The van der Waals surface area contributed by atoms with Gasteiger partial charge in [0.2, 0.25) is 11.8 Å². The van der Waals surface area contributed by atoms with Crippen LogP contribution in [-0.2, 0) is 9.59 Å². The van der Waals surface area contributed by atoms with Gasteiger partial charge in [-0.25, -0.2) is 0 Å². The number of benzene rings is 1. The lowest BCUT2D eigenvalue weighted by Gasteiger charge is -2.38. The second kappa shape index (κ2) is 9.58. The molecule has 2 aliphatic heterocycles. The van der Waals surface area contributed by atoms with E-state index in [2.05, 4.69) is 24.1 Å². The zero-order valence-electron chi connectivity index (χ0n) is 19.9. The van der Waals surface area contributed by atoms with Crippen molar-refractivity contribution in [3.63, 3.8) is 0 Å². The largest absolute Gasteiger partial charge is 0.344 e. The van der Waals surface area contributed by atoms with Crippen LogP contribution in [0.1, 0.15) is 45.0 Å². The summed E-state index contributed by atoms with van der Waals surface area (Å²) in [5, 5.41) is 3.07. The van der Waals surface area contributed by atoms with Crippen LogP contribution in [-0.4, -0.2) is 78.4 Å². The molecule has 0 unspecified atom stereocenters. The summed E-state index contributed by atoms with van der Waals surface area (Å²) in [5.41, 5.74) is 6.36. The van der Waals surface area contributed by atoms with Gasteiger partial charge in [0.05, 0.1) is 28.7 Å². The normalized spacial score (nSPS) is 24.2. The molecule has 2 aliphatic rings. The van der Waals surface area contributed by atoms with E-state index in [1.165, 1.54) is 0 Å². The number of likely N-dealkylation sites (tertiary alicyclic amines) is 1. The van der Waals surface area contributed by atoms with Crippen LogP contribution >= 0.6 is 0 Å². The van der Waals surface area contributed by atoms with Crippen molar-refractivity contribution in [3.8, 4) is 0 Å². The van der Waals surface area contributed by atoms with E-state index in [-0.39, 0.29) is 36.7 Å². The molecule has 3 rings (SSSR count). The number of hydrogen-bond donors (Lipinski definition) is 2. The molecule has 32 heavy (non-hydrogen) atoms. The number of nitrogens with one attached hydrogen (secondary N) is 1. The van der Waals surface area contributed by atoms with Crippen molar-refractivity contribution in [2.75, 3.05) is 44.2 Å². The van der Waals surface area contributed by atoms with Crippen LogP contribution in [0.15, 0.2) is 24.3 Å². The number of fused-ring (bicyclic) bond motifs is 2. The molecule has 0 radical (unpaired) electrons. The molecule has 8 heteroatoms. The minimum atomic E-state index is -0.860. The average molecular weight is 444 g/mol. The summed E-state index contributed by atoms with van der Waals surface area (Å²) in [6, 6.07) is 6.59. The Bertz CT molecular complexity index is 869. The van der Waals surface area contributed by atoms with Crippen molar-refractivity contribution in [2.24, 2.45) is 17.6 Å². The Morgan fingerprint density at radius 2 is 1.91 bits per heavy atom. The molecule has 0 saturated carbocycles. The Labute approximate surface area is 191 Å². The third-order valence-electron chi connectivity index (χ3n) is 6.94. The maximum absolute atomic E-state index is 13.9. The SMILES string of the molecule is CCN(CC)CCN1C(=O)[C@@H]2CN(C(=O)[C@@H](N)C(C)C)C[C@]2(C)NC(=O)c2ccccc21. The molecule has 1 fully saturated rings. The molecule has 0 bridgehead atoms. The first-order valence-corrected chi connectivity index (χ1v) is 11.6. The number of carbonyl (C=O) groups excluding carboxylic acids is 3. The van der Waals surface area contributed by atoms with Crippen LogP contribution in [0.3, 0.4) is 0 Å². The van der Waals surface area contributed by atoms with E-state index in [1.807, 2.05) is 32.9 Å². The van der Waals surface area contributed by atoms with Gasteiger partial charge in [-0.1, -0.05) is 39.8 Å². The number of likely N-dealkylation sites (N-methyl/N-ethyl adjacent to an activating group) is 1. The average Bonchev–Trinajstić information content (AvgIpc) is 3.11. The highest BCUT2D eigenvalue weighted by Crippen LogP contribution is 2.35. The van der Waals surface area contributed by atoms with E-state index < -0.39 is 17.5 Å². The standard InChI is InChI=1S/C24H37N5O3/c1-6-27(7-2)12-13-29-19-11-9-8-10-17(19)21(30)26-24(5)15-28(14-18(24)22(29)31)23(32)20(25)16(3)4/h8-11,16,18,20H,6-7,12-15,25H2,1-5H3,(H,26,30)/t18-,20-,24-/m0/s1. The van der Waals surface area contributed by atoms with Gasteiger partial charge in [-0.15, -0.1) is 0 Å². The molecule has 176 valence electrons. The van der Waals surface area contributed by atoms with Crippen molar-refractivity contribution in [1.82, 2.24) is 15.1 Å². The number of amides is 3. The molecule has 1 aromatic carbocycles. The molecule has 0 spiro atoms. The van der Waals surface area contributed by atoms with Gasteiger partial charge in [-0.05, 0) is 38.1 Å². The van der Waals surface area contributed by atoms with Crippen LogP contribution in [0.5, 0.6) is 0 Å². The van der Waals surface area contributed by atoms with Crippen molar-refractivity contribution >= 4 is 23.4 Å². The summed E-state index contributed by atoms with van der Waals surface area (Å²) < 4.78 is 0. The first-order chi connectivity index (χ1) is 15.1. The summed E-state index contributed by atoms with van der Waals surface area (Å²) in [7, 11) is 0. The Morgan fingerprint density at radius 3 is 2.53 bits per heavy atom. The second-order valence-electron chi connectivity index (χ2n) is 9.45. The number of nitrogens with zero attached hydrogens (tertiary/aromatic N) is 3. The van der Waals surface area contributed by atoms with Crippen molar-refractivity contribution in [3.05, 3.63) is 29.8 Å². The first kappa shape index (κ1) is 24.2. The Kier molecular flexibility index (Phi) is 7.25. The second-order valence-corrected chi connectivity index (χ2v) is 9.45. The smallest absolute Gasteiger partial charge is 0.253 e. The molecule has 0 aliphatic carbocycles. The van der Waals surface area contributed by atoms with Crippen molar-refractivity contribution in [2.45, 2.75) is 46.2 Å². The Hall–Kier alpha value is -2.45. The van der Waals surface area contributed by atoms with E-state index in [0.717, 1.165) is 13.1 Å². The summed E-state index contributed by atoms with van der Waals surface area (Å²) in [6.45, 7) is 13.3. The predicted molar refractivity (Wildman–Crippen MR) is 125 cm³/mol. The highest BCUT2D eigenvalue weighted by molar-refractivity contribution is 6.08. The van der Waals surface area contributed by atoms with E-state index in [4.69, 9.17) is 5.73 Å². The van der Waals surface area contributed by atoms with E-state index in [0.29, 0.717) is 24.3 Å². The fraction of sp³-hybridized carbons (Fsp3) is 0.625. The lowest BCUT2D eigenvalue weighted by molar-refractivity contribution is -0.132. The van der Waals surface area contributed by atoms with Gasteiger partial charge >= 0.3 is 0 Å². The summed E-state index contributed by atoms with van der Waals surface area (Å²) in [4.78, 5) is 45.8. The number of carbonyl (C=O) groups is 3. The highest BCUT2D eigenvalue weighted by atomic mass is 16.2. The fourth-order valence-corrected chi connectivity index (χ4v) is 4.68. The van der Waals surface area contributed by atoms with Crippen LogP contribution in [0.4, 0.5) is 5.69 Å². The highest BCUT2D eigenvalue weighted by Gasteiger charge is 2.52. The van der Waals surface area contributed by atoms with Gasteiger partial charge in [-0.2, -0.15) is 0 Å². The van der Waals surface area contributed by atoms with Crippen LogP contribution < -0.4 is 16.0 Å². The number of anilines is 1. The molecular formula is C24H37N5O3. The maximum atomic E-state index is 13.9. The van der Waals surface area contributed by atoms with Crippen LogP contribution in [0.2, 0.25) is 0 Å². The molecule has 8 nitrogen and oxygen atoms in total. The van der Waals surface area contributed by atoms with Gasteiger partial charge in [-0.3, -0.25) is 14.4 Å². The third kappa shape index (κ3) is 4.52. The first-order valence-electron chi connectivity index (χ1n) is 11.6. The summed E-state index contributed by atoms with van der Waals surface area (Å²) in [6.07, 6.45) is 0. The van der Waals surface area contributed by atoms with Gasteiger partial charge < -0.3 is 25.8 Å². The van der Waals surface area contributed by atoms with Crippen LogP contribution in [0.25, 0.3) is 0 Å².